The van der Waals surface area contributed by atoms with Crippen molar-refractivity contribution in [2.45, 2.75) is 13.3 Å². The van der Waals surface area contributed by atoms with Crippen LogP contribution in [0.15, 0.2) is 11.4 Å². The topological polar surface area (TPSA) is 29.3 Å². The van der Waals surface area contributed by atoms with E-state index in [1.165, 1.54) is 10.6 Å². The second kappa shape index (κ2) is 4.48. The third-order valence-corrected chi connectivity index (χ3v) is 3.01. The highest BCUT2D eigenvalue weighted by atomic mass is 32.1. The highest BCUT2D eigenvalue weighted by molar-refractivity contribution is 7.14. The lowest BCUT2D eigenvalue weighted by Crippen LogP contribution is -2.20. The third kappa shape index (κ3) is 2.22. The van der Waals surface area contributed by atoms with E-state index in [-0.39, 0.29) is 0 Å². The summed E-state index contributed by atoms with van der Waals surface area (Å²) in [5.74, 6) is 0. The maximum absolute atomic E-state index is 5.44. The van der Waals surface area contributed by atoms with E-state index in [0.29, 0.717) is 0 Å². The zero-order valence-corrected chi connectivity index (χ0v) is 8.53. The molecule has 3 heteroatoms. The van der Waals surface area contributed by atoms with Crippen molar-refractivity contribution in [2.24, 2.45) is 5.73 Å². The van der Waals surface area contributed by atoms with E-state index in [9.17, 15) is 0 Å². The molecule has 2 nitrogen and oxygen atoms in total. The summed E-state index contributed by atoms with van der Waals surface area (Å²) in [5.41, 5.74) is 6.81. The van der Waals surface area contributed by atoms with Gasteiger partial charge in [-0.05, 0) is 36.9 Å². The van der Waals surface area contributed by atoms with E-state index in [1.807, 2.05) is 0 Å². The van der Waals surface area contributed by atoms with Crippen molar-refractivity contribution in [1.29, 1.82) is 0 Å². The zero-order valence-electron chi connectivity index (χ0n) is 7.71. The molecule has 68 valence electrons. The van der Waals surface area contributed by atoms with Crippen LogP contribution in [0.4, 0.5) is 5.00 Å². The van der Waals surface area contributed by atoms with Gasteiger partial charge in [0.25, 0.3) is 0 Å². The average molecular weight is 184 g/mol. The molecule has 2 N–H and O–H groups in total. The summed E-state index contributed by atoms with van der Waals surface area (Å²) in [6.45, 7) is 3.97. The van der Waals surface area contributed by atoms with Gasteiger partial charge >= 0.3 is 0 Å². The number of hydrogen-bond donors (Lipinski definition) is 1. The van der Waals surface area contributed by atoms with Crippen LogP contribution < -0.4 is 10.6 Å². The first-order valence-corrected chi connectivity index (χ1v) is 5.09. The van der Waals surface area contributed by atoms with Crippen molar-refractivity contribution in [3.05, 3.63) is 17.0 Å². The molecule has 0 bridgehead atoms. The second-order valence-corrected chi connectivity index (χ2v) is 3.87. The molecule has 0 saturated heterocycles. The van der Waals surface area contributed by atoms with Crippen molar-refractivity contribution in [3.8, 4) is 0 Å². The fourth-order valence-electron chi connectivity index (χ4n) is 1.19. The van der Waals surface area contributed by atoms with Gasteiger partial charge in [0.2, 0.25) is 0 Å². The lowest BCUT2D eigenvalue weighted by atomic mass is 10.3. The van der Waals surface area contributed by atoms with Crippen LogP contribution in [0, 0.1) is 6.92 Å². The molecule has 0 fully saturated rings. The largest absolute Gasteiger partial charge is 0.366 e. The lowest BCUT2D eigenvalue weighted by Gasteiger charge is -2.17. The predicted molar refractivity (Wildman–Crippen MR) is 56.0 cm³/mol. The van der Waals surface area contributed by atoms with E-state index >= 15 is 0 Å². The number of nitrogens with two attached hydrogens (primary N) is 1. The van der Waals surface area contributed by atoms with Crippen molar-refractivity contribution < 1.29 is 0 Å². The fraction of sp³-hybridized carbons (Fsp3) is 0.556. The summed E-state index contributed by atoms with van der Waals surface area (Å²) in [7, 11) is 2.12. The molecule has 0 spiro atoms. The minimum Gasteiger partial charge on any atom is -0.366 e. The molecular formula is C9H16N2S. The molecule has 0 unspecified atom stereocenters. The van der Waals surface area contributed by atoms with Crippen LogP contribution >= 0.6 is 11.3 Å². The number of rotatable bonds is 4. The molecule has 0 aliphatic carbocycles. The van der Waals surface area contributed by atoms with E-state index < -0.39 is 0 Å². The van der Waals surface area contributed by atoms with Crippen LogP contribution in [0.25, 0.3) is 0 Å². The second-order valence-electron chi connectivity index (χ2n) is 2.97. The number of thiophene rings is 1. The van der Waals surface area contributed by atoms with Gasteiger partial charge in [-0.15, -0.1) is 11.3 Å². The van der Waals surface area contributed by atoms with E-state index in [1.54, 1.807) is 11.3 Å². The Bertz CT molecular complexity index is 232. The molecule has 12 heavy (non-hydrogen) atoms. The smallest absolute Gasteiger partial charge is 0.0935 e. The number of nitrogens with zero attached hydrogens (tertiary/aromatic N) is 1. The normalized spacial score (nSPS) is 10.2. The summed E-state index contributed by atoms with van der Waals surface area (Å²) in [4.78, 5) is 2.27. The highest BCUT2D eigenvalue weighted by Crippen LogP contribution is 2.25. The summed E-state index contributed by atoms with van der Waals surface area (Å²) < 4.78 is 0. The van der Waals surface area contributed by atoms with Crippen LogP contribution in [-0.2, 0) is 0 Å². The Morgan fingerprint density at radius 3 is 2.83 bits per heavy atom. The molecule has 0 atom stereocenters. The first kappa shape index (κ1) is 9.55. The van der Waals surface area contributed by atoms with Gasteiger partial charge in [0.05, 0.1) is 5.00 Å². The summed E-state index contributed by atoms with van der Waals surface area (Å²) >= 11 is 1.79. The van der Waals surface area contributed by atoms with Gasteiger partial charge in [-0.2, -0.15) is 0 Å². The van der Waals surface area contributed by atoms with Gasteiger partial charge in [-0.25, -0.2) is 0 Å². The Morgan fingerprint density at radius 1 is 1.58 bits per heavy atom. The van der Waals surface area contributed by atoms with Gasteiger partial charge < -0.3 is 10.6 Å². The van der Waals surface area contributed by atoms with Crippen molar-refractivity contribution in [2.75, 3.05) is 25.0 Å². The summed E-state index contributed by atoms with van der Waals surface area (Å²) in [6.07, 6.45) is 1.06. The fourth-order valence-corrected chi connectivity index (χ4v) is 2.11. The highest BCUT2D eigenvalue weighted by Gasteiger charge is 2.03. The average Bonchev–Trinajstić information content (AvgIpc) is 2.47. The third-order valence-electron chi connectivity index (χ3n) is 1.88. The van der Waals surface area contributed by atoms with E-state index in [2.05, 4.69) is 30.3 Å². The number of anilines is 1. The van der Waals surface area contributed by atoms with Crippen LogP contribution in [-0.4, -0.2) is 20.1 Å². The Labute approximate surface area is 78.0 Å². The minimum atomic E-state index is 0.773. The molecular weight excluding hydrogens is 168 g/mol. The van der Waals surface area contributed by atoms with E-state index in [4.69, 9.17) is 5.73 Å². The standard InChI is InChI=1S/C9H16N2S/c1-8-4-7-12-9(8)11(2)6-3-5-10/h4,7H,3,5-6,10H2,1-2H3. The predicted octanol–water partition coefficient (Wildman–Crippen LogP) is 1.84. The maximum Gasteiger partial charge on any atom is 0.0935 e. The van der Waals surface area contributed by atoms with Gasteiger partial charge in [0.1, 0.15) is 0 Å². The Kier molecular flexibility index (Phi) is 3.56. The van der Waals surface area contributed by atoms with Crippen LogP contribution in [0.3, 0.4) is 0 Å². The molecule has 0 aromatic carbocycles. The van der Waals surface area contributed by atoms with Crippen LogP contribution in [0.2, 0.25) is 0 Å². The molecule has 1 heterocycles. The Hall–Kier alpha value is -0.540. The van der Waals surface area contributed by atoms with E-state index in [0.717, 1.165) is 19.5 Å². The van der Waals surface area contributed by atoms with Crippen molar-refractivity contribution >= 4 is 16.3 Å². The Balaban J connectivity index is 2.52. The first-order valence-electron chi connectivity index (χ1n) is 4.21. The lowest BCUT2D eigenvalue weighted by molar-refractivity contribution is 0.799. The molecule has 1 aromatic heterocycles. The molecule has 0 radical (unpaired) electrons. The molecule has 0 amide bonds. The molecule has 1 aromatic rings. The SMILES string of the molecule is Cc1ccsc1N(C)CCCN. The minimum absolute atomic E-state index is 0.773. The van der Waals surface area contributed by atoms with Gasteiger partial charge in [-0.3, -0.25) is 0 Å². The summed E-state index contributed by atoms with van der Waals surface area (Å²) in [5, 5.41) is 3.49. The van der Waals surface area contributed by atoms with Crippen molar-refractivity contribution in [1.82, 2.24) is 0 Å². The number of hydrogen-bond acceptors (Lipinski definition) is 3. The zero-order chi connectivity index (χ0) is 8.97. The van der Waals surface area contributed by atoms with Crippen molar-refractivity contribution in [3.63, 3.8) is 0 Å². The molecule has 0 aliphatic heterocycles. The monoisotopic (exact) mass is 184 g/mol. The van der Waals surface area contributed by atoms with Gasteiger partial charge in [-0.1, -0.05) is 0 Å². The quantitative estimate of drug-likeness (QED) is 0.773. The first-order chi connectivity index (χ1) is 5.75. The molecule has 1 rings (SSSR count). The van der Waals surface area contributed by atoms with Crippen LogP contribution in [0.1, 0.15) is 12.0 Å². The van der Waals surface area contributed by atoms with Gasteiger partial charge in [0, 0.05) is 13.6 Å². The van der Waals surface area contributed by atoms with Crippen LogP contribution in [0.5, 0.6) is 0 Å². The maximum atomic E-state index is 5.44. The van der Waals surface area contributed by atoms with Gasteiger partial charge in [0.15, 0.2) is 0 Å². The molecule has 0 saturated carbocycles. The molecule has 0 aliphatic rings. The number of aryl methyl sites for hydroxylation is 1. The Morgan fingerprint density at radius 2 is 2.33 bits per heavy atom. The summed E-state index contributed by atoms with van der Waals surface area (Å²) in [6, 6.07) is 2.15.